The molecule has 0 radical (unpaired) electrons. The van der Waals surface area contributed by atoms with Gasteiger partial charge >= 0.3 is 0 Å². The van der Waals surface area contributed by atoms with E-state index in [0.29, 0.717) is 28.8 Å². The van der Waals surface area contributed by atoms with Crippen LogP contribution < -0.4 is 15.4 Å². The van der Waals surface area contributed by atoms with E-state index < -0.39 is 0 Å². The van der Waals surface area contributed by atoms with Crippen LogP contribution in [0, 0.1) is 0 Å². The van der Waals surface area contributed by atoms with E-state index in [2.05, 4.69) is 15.6 Å². The number of rotatable bonds is 8. The number of nitrogens with zero attached hydrogens (tertiary/aromatic N) is 1. The number of hydrogen-bond acceptors (Lipinski definition) is 5. The number of hydrogen-bond donors (Lipinski definition) is 2. The Morgan fingerprint density at radius 1 is 1.20 bits per heavy atom. The van der Waals surface area contributed by atoms with Crippen LogP contribution in [-0.4, -0.2) is 16.8 Å². The number of anilines is 1. The van der Waals surface area contributed by atoms with Crippen molar-refractivity contribution in [1.82, 2.24) is 10.3 Å². The van der Waals surface area contributed by atoms with Crippen molar-refractivity contribution in [3.63, 3.8) is 0 Å². The summed E-state index contributed by atoms with van der Waals surface area (Å²) in [5.74, 6) is 0.454. The molecule has 1 heterocycles. The number of carbonyl (C=O) groups is 2. The highest BCUT2D eigenvalue weighted by Crippen LogP contribution is 2.20. The second-order valence-corrected chi connectivity index (χ2v) is 8.13. The molecule has 1 unspecified atom stereocenters. The molecule has 1 atom stereocenters. The van der Waals surface area contributed by atoms with Gasteiger partial charge in [-0.05, 0) is 48.9 Å². The van der Waals surface area contributed by atoms with Crippen LogP contribution >= 0.6 is 22.9 Å². The summed E-state index contributed by atoms with van der Waals surface area (Å²) in [4.78, 5) is 28.1. The number of aromatic nitrogens is 1. The summed E-state index contributed by atoms with van der Waals surface area (Å²) in [5, 5.41) is 9.02. The maximum atomic E-state index is 12.4. The lowest BCUT2D eigenvalue weighted by Crippen LogP contribution is -2.28. The molecule has 1 aromatic heterocycles. The highest BCUT2D eigenvalue weighted by molar-refractivity contribution is 7.09. The van der Waals surface area contributed by atoms with Crippen molar-refractivity contribution in [2.75, 3.05) is 5.32 Å². The molecule has 0 aliphatic rings. The molecule has 30 heavy (non-hydrogen) atoms. The lowest BCUT2D eigenvalue weighted by atomic mass is 10.1. The van der Waals surface area contributed by atoms with Crippen molar-refractivity contribution in [1.29, 1.82) is 0 Å². The molecule has 3 aromatic rings. The Morgan fingerprint density at radius 2 is 1.97 bits per heavy atom. The van der Waals surface area contributed by atoms with Gasteiger partial charge in [0.1, 0.15) is 17.4 Å². The Hall–Kier alpha value is -2.90. The molecule has 2 aromatic carbocycles. The van der Waals surface area contributed by atoms with Gasteiger partial charge in [0.15, 0.2) is 0 Å². The number of nitrogens with one attached hydrogen (secondary N) is 2. The standard InChI is InChI=1S/C22H22ClN3O3S/c1-14(16-4-3-5-18(10-16)25-15(2)27)24-21(28)11-19-13-30-22(26-19)12-29-20-8-6-17(23)7-9-20/h3-10,13-14H,11-12H2,1-2H3,(H,24,28)(H,25,27). The summed E-state index contributed by atoms with van der Waals surface area (Å²) in [6.07, 6.45) is 0.188. The zero-order chi connectivity index (χ0) is 21.5. The third-order valence-electron chi connectivity index (χ3n) is 4.20. The minimum Gasteiger partial charge on any atom is -0.486 e. The average Bonchev–Trinajstić information content (AvgIpc) is 3.14. The van der Waals surface area contributed by atoms with Crippen LogP contribution in [0.2, 0.25) is 5.02 Å². The molecule has 2 N–H and O–H groups in total. The SMILES string of the molecule is CC(=O)Nc1cccc(C(C)NC(=O)Cc2csc(COc3ccc(Cl)cc3)n2)c1. The molecule has 8 heteroatoms. The van der Waals surface area contributed by atoms with E-state index in [0.717, 1.165) is 10.6 Å². The average molecular weight is 444 g/mol. The number of thiazole rings is 1. The van der Waals surface area contributed by atoms with E-state index >= 15 is 0 Å². The number of carbonyl (C=O) groups excluding carboxylic acids is 2. The highest BCUT2D eigenvalue weighted by atomic mass is 35.5. The molecule has 0 saturated heterocycles. The van der Waals surface area contributed by atoms with Crippen molar-refractivity contribution in [3.8, 4) is 5.75 Å². The lowest BCUT2D eigenvalue weighted by Gasteiger charge is -2.15. The Kier molecular flexibility index (Phi) is 7.43. The molecule has 0 spiro atoms. The van der Waals surface area contributed by atoms with E-state index in [-0.39, 0.29) is 24.3 Å². The molecular formula is C22H22ClN3O3S. The summed E-state index contributed by atoms with van der Waals surface area (Å²) < 4.78 is 5.69. The van der Waals surface area contributed by atoms with E-state index in [1.54, 1.807) is 24.3 Å². The molecule has 6 nitrogen and oxygen atoms in total. The van der Waals surface area contributed by atoms with Gasteiger partial charge in [0.25, 0.3) is 0 Å². The first-order valence-electron chi connectivity index (χ1n) is 9.37. The van der Waals surface area contributed by atoms with Gasteiger partial charge in [-0.25, -0.2) is 4.98 Å². The fourth-order valence-electron chi connectivity index (χ4n) is 2.80. The number of amides is 2. The lowest BCUT2D eigenvalue weighted by molar-refractivity contribution is -0.121. The van der Waals surface area contributed by atoms with E-state index in [1.807, 2.05) is 36.6 Å². The van der Waals surface area contributed by atoms with Crippen LogP contribution in [0.4, 0.5) is 5.69 Å². The van der Waals surface area contributed by atoms with Gasteiger partial charge in [0.05, 0.1) is 18.2 Å². The first-order chi connectivity index (χ1) is 14.4. The Bertz CT molecular complexity index is 1020. The summed E-state index contributed by atoms with van der Waals surface area (Å²) >= 11 is 7.32. The van der Waals surface area contributed by atoms with E-state index in [4.69, 9.17) is 16.3 Å². The molecule has 0 aliphatic carbocycles. The van der Waals surface area contributed by atoms with Crippen molar-refractivity contribution < 1.29 is 14.3 Å². The normalized spacial score (nSPS) is 11.6. The number of ether oxygens (including phenoxy) is 1. The van der Waals surface area contributed by atoms with Crippen LogP contribution in [0.15, 0.2) is 53.9 Å². The van der Waals surface area contributed by atoms with Crippen LogP contribution in [-0.2, 0) is 22.6 Å². The Labute approximate surface area is 184 Å². The van der Waals surface area contributed by atoms with Crippen LogP contribution in [0.5, 0.6) is 5.75 Å². The minimum absolute atomic E-state index is 0.122. The predicted octanol–water partition coefficient (Wildman–Crippen LogP) is 4.75. The van der Waals surface area contributed by atoms with Crippen molar-refractivity contribution >= 4 is 40.4 Å². The summed E-state index contributed by atoms with van der Waals surface area (Å²) in [6.45, 7) is 3.69. The monoisotopic (exact) mass is 443 g/mol. The fraction of sp³-hybridized carbons (Fsp3) is 0.227. The smallest absolute Gasteiger partial charge is 0.226 e. The highest BCUT2D eigenvalue weighted by Gasteiger charge is 2.13. The van der Waals surface area contributed by atoms with Gasteiger partial charge in [-0.2, -0.15) is 0 Å². The van der Waals surface area contributed by atoms with Crippen molar-refractivity contribution in [3.05, 3.63) is 75.2 Å². The third kappa shape index (κ3) is 6.57. The van der Waals surface area contributed by atoms with Gasteiger partial charge in [-0.1, -0.05) is 23.7 Å². The first-order valence-corrected chi connectivity index (χ1v) is 10.6. The maximum absolute atomic E-state index is 12.4. The molecule has 0 saturated carbocycles. The van der Waals surface area contributed by atoms with Crippen molar-refractivity contribution in [2.24, 2.45) is 0 Å². The topological polar surface area (TPSA) is 80.3 Å². The van der Waals surface area contributed by atoms with Crippen LogP contribution in [0.3, 0.4) is 0 Å². The molecule has 156 valence electrons. The zero-order valence-electron chi connectivity index (χ0n) is 16.6. The molecule has 0 aliphatic heterocycles. The van der Waals surface area contributed by atoms with Gasteiger partial charge < -0.3 is 15.4 Å². The van der Waals surface area contributed by atoms with Gasteiger partial charge in [-0.15, -0.1) is 11.3 Å². The molecule has 0 fully saturated rings. The largest absolute Gasteiger partial charge is 0.486 e. The minimum atomic E-state index is -0.197. The molecular weight excluding hydrogens is 422 g/mol. The summed E-state index contributed by atoms with van der Waals surface area (Å²) in [7, 11) is 0. The summed E-state index contributed by atoms with van der Waals surface area (Å²) in [5.41, 5.74) is 2.31. The Morgan fingerprint density at radius 3 is 2.70 bits per heavy atom. The van der Waals surface area contributed by atoms with Gasteiger partial charge in [0, 0.05) is 23.0 Å². The Balaban J connectivity index is 1.51. The number of halogens is 1. The second kappa shape index (κ2) is 10.2. The van der Waals surface area contributed by atoms with E-state index in [1.165, 1.54) is 18.3 Å². The van der Waals surface area contributed by atoms with Gasteiger partial charge in [-0.3, -0.25) is 9.59 Å². The van der Waals surface area contributed by atoms with Gasteiger partial charge in [0.2, 0.25) is 11.8 Å². The first kappa shape index (κ1) is 21.8. The molecule has 2 amide bonds. The second-order valence-electron chi connectivity index (χ2n) is 6.75. The fourth-order valence-corrected chi connectivity index (χ4v) is 3.63. The molecule has 0 bridgehead atoms. The van der Waals surface area contributed by atoms with Crippen LogP contribution in [0.1, 0.15) is 36.2 Å². The zero-order valence-corrected chi connectivity index (χ0v) is 18.2. The quantitative estimate of drug-likeness (QED) is 0.526. The maximum Gasteiger partial charge on any atom is 0.226 e. The number of benzene rings is 2. The predicted molar refractivity (Wildman–Crippen MR) is 119 cm³/mol. The van der Waals surface area contributed by atoms with Crippen molar-refractivity contribution in [2.45, 2.75) is 32.9 Å². The van der Waals surface area contributed by atoms with Crippen LogP contribution in [0.25, 0.3) is 0 Å². The summed E-state index contributed by atoms with van der Waals surface area (Å²) in [6, 6.07) is 14.3. The molecule has 3 rings (SSSR count). The van der Waals surface area contributed by atoms with E-state index in [9.17, 15) is 9.59 Å². The third-order valence-corrected chi connectivity index (χ3v) is 5.32.